The van der Waals surface area contributed by atoms with Crippen molar-refractivity contribution in [2.45, 2.75) is 34.2 Å². The lowest BCUT2D eigenvalue weighted by molar-refractivity contribution is 0.0496. The minimum absolute atomic E-state index is 0.0136. The van der Waals surface area contributed by atoms with Gasteiger partial charge in [0.15, 0.2) is 6.73 Å². The Labute approximate surface area is 151 Å². The number of aromatic hydroxyl groups is 1. The Balaban J connectivity index is 0.00000109. The lowest BCUT2D eigenvalue weighted by atomic mass is 10.1. The number of rotatable bonds is 2. The van der Waals surface area contributed by atoms with Crippen LogP contribution >= 0.6 is 11.6 Å². The largest absolute Gasteiger partial charge is 0.506 e. The Morgan fingerprint density at radius 2 is 1.96 bits per heavy atom. The number of phenolic OH excluding ortho intramolecular Hbond substituents is 1. The second-order valence-electron chi connectivity index (χ2n) is 5.49. The molecule has 2 N–H and O–H groups in total. The van der Waals surface area contributed by atoms with Crippen molar-refractivity contribution in [1.29, 1.82) is 0 Å². The molecule has 3 rings (SSSR count). The SMILES string of the molecule is CC.Cc1cc(C)c(CN2COc3ccc(O)c(Cl)c3C2=O)c(=O)[nH]1. The van der Waals surface area contributed by atoms with Gasteiger partial charge >= 0.3 is 0 Å². The van der Waals surface area contributed by atoms with Gasteiger partial charge in [0.05, 0.1) is 11.6 Å². The number of benzene rings is 1. The van der Waals surface area contributed by atoms with Crippen LogP contribution in [0.2, 0.25) is 5.02 Å². The molecule has 1 aromatic heterocycles. The predicted octanol–water partition coefficient (Wildman–Crippen LogP) is 3.37. The van der Waals surface area contributed by atoms with Crippen LogP contribution in [0.5, 0.6) is 11.5 Å². The number of hydrogen-bond donors (Lipinski definition) is 2. The van der Waals surface area contributed by atoms with E-state index in [1.807, 2.05) is 26.8 Å². The van der Waals surface area contributed by atoms with E-state index in [2.05, 4.69) is 4.98 Å². The summed E-state index contributed by atoms with van der Waals surface area (Å²) in [6, 6.07) is 4.72. The zero-order valence-corrected chi connectivity index (χ0v) is 15.4. The van der Waals surface area contributed by atoms with E-state index in [1.54, 1.807) is 6.92 Å². The molecule has 2 aromatic rings. The standard InChI is InChI=1S/C16H15ClN2O4.C2H6/c1-8-5-9(2)18-15(21)10(8)6-19-7-23-12-4-3-11(20)14(17)13(12)16(19)22;1-2/h3-5,20H,6-7H2,1-2H3,(H,18,21);1-2H3. The molecule has 0 bridgehead atoms. The van der Waals surface area contributed by atoms with Gasteiger partial charge < -0.3 is 19.7 Å². The molecule has 0 fully saturated rings. The topological polar surface area (TPSA) is 82.6 Å². The molecular formula is C18H21ClN2O4. The number of phenols is 1. The van der Waals surface area contributed by atoms with Gasteiger partial charge in [0.1, 0.15) is 17.1 Å². The van der Waals surface area contributed by atoms with Crippen molar-refractivity contribution in [3.05, 3.63) is 56.0 Å². The number of pyridine rings is 1. The summed E-state index contributed by atoms with van der Waals surface area (Å²) in [6.07, 6.45) is 0. The monoisotopic (exact) mass is 364 g/mol. The Hall–Kier alpha value is -2.47. The molecule has 0 saturated heterocycles. The van der Waals surface area contributed by atoms with Gasteiger partial charge in [-0.25, -0.2) is 0 Å². The minimum Gasteiger partial charge on any atom is -0.506 e. The maximum Gasteiger partial charge on any atom is 0.262 e. The number of fused-ring (bicyclic) bond motifs is 1. The summed E-state index contributed by atoms with van der Waals surface area (Å²) in [4.78, 5) is 28.8. The molecule has 2 heterocycles. The van der Waals surface area contributed by atoms with Crippen molar-refractivity contribution in [3.8, 4) is 11.5 Å². The summed E-state index contributed by atoms with van der Waals surface area (Å²) in [6.45, 7) is 7.73. The second-order valence-corrected chi connectivity index (χ2v) is 5.87. The number of aryl methyl sites for hydroxylation is 2. The highest BCUT2D eigenvalue weighted by Gasteiger charge is 2.30. The van der Waals surface area contributed by atoms with Gasteiger partial charge in [0.2, 0.25) is 0 Å². The van der Waals surface area contributed by atoms with Crippen LogP contribution in [0.1, 0.15) is 41.0 Å². The Kier molecular flexibility index (Phi) is 5.74. The highest BCUT2D eigenvalue weighted by molar-refractivity contribution is 6.35. The Bertz CT molecular complexity index is 861. The van der Waals surface area contributed by atoms with Crippen LogP contribution in [-0.2, 0) is 6.54 Å². The average molecular weight is 365 g/mol. The molecule has 1 amide bonds. The number of H-pyrrole nitrogens is 1. The zero-order chi connectivity index (χ0) is 18.7. The summed E-state index contributed by atoms with van der Waals surface area (Å²) in [5.74, 6) is -0.247. The maximum atomic E-state index is 12.6. The van der Waals surface area contributed by atoms with E-state index < -0.39 is 0 Å². The van der Waals surface area contributed by atoms with Gasteiger partial charge in [-0.3, -0.25) is 9.59 Å². The number of aromatic amines is 1. The van der Waals surface area contributed by atoms with E-state index in [4.69, 9.17) is 16.3 Å². The molecule has 0 saturated carbocycles. The van der Waals surface area contributed by atoms with Crippen LogP contribution < -0.4 is 10.3 Å². The molecule has 0 radical (unpaired) electrons. The summed E-state index contributed by atoms with van der Waals surface area (Å²) in [5.41, 5.74) is 1.93. The number of amides is 1. The molecule has 134 valence electrons. The number of carbonyl (C=O) groups is 1. The van der Waals surface area contributed by atoms with E-state index in [1.165, 1.54) is 17.0 Å². The third-order valence-electron chi connectivity index (χ3n) is 3.80. The second kappa shape index (κ2) is 7.61. The Morgan fingerprint density at radius 1 is 1.28 bits per heavy atom. The summed E-state index contributed by atoms with van der Waals surface area (Å²) in [5, 5.41) is 9.63. The predicted molar refractivity (Wildman–Crippen MR) is 96.4 cm³/mol. The van der Waals surface area contributed by atoms with E-state index in [0.29, 0.717) is 11.3 Å². The van der Waals surface area contributed by atoms with Crippen LogP contribution in [0, 0.1) is 13.8 Å². The number of aromatic nitrogens is 1. The average Bonchev–Trinajstić information content (AvgIpc) is 2.57. The third kappa shape index (κ3) is 3.64. The number of halogens is 1. The van der Waals surface area contributed by atoms with Gasteiger partial charge in [-0.15, -0.1) is 0 Å². The van der Waals surface area contributed by atoms with E-state index in [-0.39, 0.29) is 41.1 Å². The first-order valence-corrected chi connectivity index (χ1v) is 8.39. The third-order valence-corrected chi connectivity index (χ3v) is 4.19. The molecule has 0 atom stereocenters. The van der Waals surface area contributed by atoms with Gasteiger partial charge in [-0.1, -0.05) is 25.4 Å². The number of carbonyl (C=O) groups excluding carboxylic acids is 1. The molecule has 0 aliphatic carbocycles. The molecule has 1 aromatic carbocycles. The van der Waals surface area contributed by atoms with Gasteiger partial charge in [-0.2, -0.15) is 0 Å². The molecule has 25 heavy (non-hydrogen) atoms. The first-order valence-electron chi connectivity index (χ1n) is 8.01. The summed E-state index contributed by atoms with van der Waals surface area (Å²) >= 11 is 6.01. The van der Waals surface area contributed by atoms with Crippen LogP contribution in [0.4, 0.5) is 0 Å². The van der Waals surface area contributed by atoms with E-state index >= 15 is 0 Å². The van der Waals surface area contributed by atoms with Gasteiger partial charge in [0.25, 0.3) is 11.5 Å². The Morgan fingerprint density at radius 3 is 2.60 bits per heavy atom. The fourth-order valence-corrected chi connectivity index (χ4v) is 2.85. The van der Waals surface area contributed by atoms with Crippen LogP contribution in [0.15, 0.2) is 23.0 Å². The quantitative estimate of drug-likeness (QED) is 0.855. The normalized spacial score (nSPS) is 12.8. The van der Waals surface area contributed by atoms with Crippen LogP contribution in [0.25, 0.3) is 0 Å². The first-order chi connectivity index (χ1) is 11.9. The number of nitrogens with one attached hydrogen (secondary N) is 1. The molecule has 6 nitrogen and oxygen atoms in total. The van der Waals surface area contributed by atoms with Crippen LogP contribution in [-0.4, -0.2) is 27.6 Å². The maximum absolute atomic E-state index is 12.6. The van der Waals surface area contributed by atoms with E-state index in [9.17, 15) is 14.7 Å². The lowest BCUT2D eigenvalue weighted by Crippen LogP contribution is -2.39. The van der Waals surface area contributed by atoms with Crippen molar-refractivity contribution in [1.82, 2.24) is 9.88 Å². The molecule has 7 heteroatoms. The summed E-state index contributed by atoms with van der Waals surface area (Å²) in [7, 11) is 0. The number of hydrogen-bond acceptors (Lipinski definition) is 4. The van der Waals surface area contributed by atoms with Crippen LogP contribution in [0.3, 0.4) is 0 Å². The summed E-state index contributed by atoms with van der Waals surface area (Å²) < 4.78 is 5.52. The number of ether oxygens (including phenoxy) is 1. The molecule has 0 unspecified atom stereocenters. The molecule has 0 spiro atoms. The van der Waals surface area contributed by atoms with Crippen molar-refractivity contribution >= 4 is 17.5 Å². The first kappa shape index (κ1) is 18.9. The molecular weight excluding hydrogens is 344 g/mol. The van der Waals surface area contributed by atoms with Crippen molar-refractivity contribution < 1.29 is 14.6 Å². The van der Waals surface area contributed by atoms with Crippen molar-refractivity contribution in [2.24, 2.45) is 0 Å². The fraction of sp³-hybridized carbons (Fsp3) is 0.333. The smallest absolute Gasteiger partial charge is 0.262 e. The van der Waals surface area contributed by atoms with E-state index in [0.717, 1.165) is 11.3 Å². The lowest BCUT2D eigenvalue weighted by Gasteiger charge is -2.29. The van der Waals surface area contributed by atoms with Crippen molar-refractivity contribution in [3.63, 3.8) is 0 Å². The highest BCUT2D eigenvalue weighted by atomic mass is 35.5. The number of nitrogens with zero attached hydrogens (tertiary/aromatic N) is 1. The molecule has 1 aliphatic heterocycles. The molecule has 1 aliphatic rings. The minimum atomic E-state index is -0.383. The van der Waals surface area contributed by atoms with Gasteiger partial charge in [-0.05, 0) is 37.6 Å². The fourth-order valence-electron chi connectivity index (χ4n) is 2.62. The van der Waals surface area contributed by atoms with Crippen molar-refractivity contribution in [2.75, 3.05) is 6.73 Å². The van der Waals surface area contributed by atoms with Gasteiger partial charge in [0, 0.05) is 11.3 Å². The zero-order valence-electron chi connectivity index (χ0n) is 14.6. The highest BCUT2D eigenvalue weighted by Crippen LogP contribution is 2.37.